The fourth-order valence-electron chi connectivity index (χ4n) is 2.44. The van der Waals surface area contributed by atoms with Crippen LogP contribution in [0.4, 0.5) is 5.82 Å². The van der Waals surface area contributed by atoms with Gasteiger partial charge in [-0.2, -0.15) is 0 Å². The number of aromatic nitrogens is 3. The minimum atomic E-state index is -0.524. The molecule has 3 rings (SSSR count). The molecule has 3 heterocycles. The summed E-state index contributed by atoms with van der Waals surface area (Å²) in [5.41, 5.74) is 5.87. The standard InChI is InChI=1S/C17H23BN4O3/c1-11(15-20-7-6-8-21-15)23-13-9-12(10-22-14(13)19)18-24-16(2,3)17(4,5)25-18/h6-11H,1-5H3,(H2,19,22)/t11-/m1/s1. The van der Waals surface area contributed by atoms with Crippen molar-refractivity contribution in [3.8, 4) is 5.75 Å². The van der Waals surface area contributed by atoms with Gasteiger partial charge < -0.3 is 19.8 Å². The first-order valence-corrected chi connectivity index (χ1v) is 8.24. The minimum absolute atomic E-state index is 0.294. The van der Waals surface area contributed by atoms with Crippen molar-refractivity contribution >= 4 is 18.4 Å². The Bertz CT molecular complexity index is 739. The van der Waals surface area contributed by atoms with Gasteiger partial charge in [-0.1, -0.05) is 0 Å². The molecule has 25 heavy (non-hydrogen) atoms. The Labute approximate surface area is 148 Å². The summed E-state index contributed by atoms with van der Waals surface area (Å²) in [7, 11) is -0.524. The van der Waals surface area contributed by atoms with Crippen molar-refractivity contribution in [1.29, 1.82) is 0 Å². The lowest BCUT2D eigenvalue weighted by Crippen LogP contribution is -2.41. The zero-order chi connectivity index (χ0) is 18.2. The number of ether oxygens (including phenoxy) is 1. The SMILES string of the molecule is C[C@@H](Oc1cc(B2OC(C)(C)C(C)(C)O2)cnc1N)c1ncccn1. The number of pyridine rings is 1. The summed E-state index contributed by atoms with van der Waals surface area (Å²) in [5.74, 6) is 1.32. The molecule has 8 heteroatoms. The second-order valence-electron chi connectivity index (χ2n) is 7.11. The fraction of sp³-hybridized carbons (Fsp3) is 0.471. The van der Waals surface area contributed by atoms with Gasteiger partial charge in [0.2, 0.25) is 0 Å². The fourth-order valence-corrected chi connectivity index (χ4v) is 2.44. The summed E-state index contributed by atoms with van der Waals surface area (Å²) in [6.45, 7) is 9.87. The lowest BCUT2D eigenvalue weighted by molar-refractivity contribution is 0.00578. The van der Waals surface area contributed by atoms with Crippen LogP contribution in [0, 0.1) is 0 Å². The smallest absolute Gasteiger partial charge is 0.479 e. The maximum absolute atomic E-state index is 6.05. The zero-order valence-electron chi connectivity index (χ0n) is 15.2. The lowest BCUT2D eigenvalue weighted by Gasteiger charge is -2.32. The number of hydrogen-bond donors (Lipinski definition) is 1. The molecule has 2 aromatic heterocycles. The summed E-state index contributed by atoms with van der Waals surface area (Å²) < 4.78 is 18.0. The molecule has 7 nitrogen and oxygen atoms in total. The second kappa shape index (κ2) is 6.27. The van der Waals surface area contributed by atoms with Crippen LogP contribution in [0.15, 0.2) is 30.7 Å². The Morgan fingerprint density at radius 3 is 2.28 bits per heavy atom. The van der Waals surface area contributed by atoms with E-state index in [1.807, 2.05) is 34.6 Å². The molecule has 0 amide bonds. The first-order chi connectivity index (χ1) is 11.7. The summed E-state index contributed by atoms with van der Waals surface area (Å²) in [6.07, 6.45) is 4.63. The van der Waals surface area contributed by atoms with Crippen molar-refractivity contribution < 1.29 is 14.0 Å². The van der Waals surface area contributed by atoms with Gasteiger partial charge in [0.15, 0.2) is 23.5 Å². The summed E-state index contributed by atoms with van der Waals surface area (Å²) in [5, 5.41) is 0. The normalized spacial score (nSPS) is 19.6. The number of anilines is 1. The van der Waals surface area contributed by atoms with Crippen LogP contribution in [0.1, 0.15) is 46.5 Å². The molecule has 0 saturated carbocycles. The average molecular weight is 342 g/mol. The van der Waals surface area contributed by atoms with E-state index in [2.05, 4.69) is 15.0 Å². The summed E-state index contributed by atoms with van der Waals surface area (Å²) in [6, 6.07) is 3.55. The van der Waals surface area contributed by atoms with Crippen LogP contribution in [0.5, 0.6) is 5.75 Å². The lowest BCUT2D eigenvalue weighted by atomic mass is 9.80. The summed E-state index contributed by atoms with van der Waals surface area (Å²) >= 11 is 0. The number of nitrogens with zero attached hydrogens (tertiary/aromatic N) is 3. The van der Waals surface area contributed by atoms with Crippen molar-refractivity contribution in [3.05, 3.63) is 36.5 Å². The molecule has 2 aromatic rings. The molecule has 0 spiro atoms. The van der Waals surface area contributed by atoms with Gasteiger partial charge in [0.05, 0.1) is 11.2 Å². The third kappa shape index (κ3) is 3.45. The predicted molar refractivity (Wildman–Crippen MR) is 95.4 cm³/mol. The molecule has 0 radical (unpaired) electrons. The van der Waals surface area contributed by atoms with Crippen LogP contribution in [0.3, 0.4) is 0 Å². The first-order valence-electron chi connectivity index (χ1n) is 8.24. The number of nitrogen functional groups attached to an aromatic ring is 1. The van der Waals surface area contributed by atoms with Gasteiger partial charge in [-0.05, 0) is 46.8 Å². The maximum Gasteiger partial charge on any atom is 0.496 e. The quantitative estimate of drug-likeness (QED) is 0.848. The Kier molecular flexibility index (Phi) is 4.42. The van der Waals surface area contributed by atoms with Crippen LogP contribution >= 0.6 is 0 Å². The van der Waals surface area contributed by atoms with E-state index in [4.69, 9.17) is 19.8 Å². The van der Waals surface area contributed by atoms with E-state index < -0.39 is 18.3 Å². The van der Waals surface area contributed by atoms with Crippen LogP contribution in [0.25, 0.3) is 0 Å². The third-order valence-corrected chi connectivity index (χ3v) is 4.68. The molecule has 1 fully saturated rings. The molecule has 1 aliphatic rings. The summed E-state index contributed by atoms with van der Waals surface area (Å²) in [4.78, 5) is 12.6. The molecule has 0 aliphatic carbocycles. The maximum atomic E-state index is 6.05. The van der Waals surface area contributed by atoms with Crippen molar-refractivity contribution in [2.45, 2.75) is 51.9 Å². The molecule has 0 aromatic carbocycles. The highest BCUT2D eigenvalue weighted by Crippen LogP contribution is 2.36. The van der Waals surface area contributed by atoms with E-state index in [1.165, 1.54) is 0 Å². The molecule has 1 saturated heterocycles. The van der Waals surface area contributed by atoms with Gasteiger partial charge in [0.1, 0.15) is 0 Å². The van der Waals surface area contributed by atoms with Crippen molar-refractivity contribution in [1.82, 2.24) is 15.0 Å². The van der Waals surface area contributed by atoms with Crippen molar-refractivity contribution in [2.24, 2.45) is 0 Å². The average Bonchev–Trinajstić information content (AvgIpc) is 2.78. The Morgan fingerprint density at radius 2 is 1.68 bits per heavy atom. The van der Waals surface area contributed by atoms with Crippen molar-refractivity contribution in [3.63, 3.8) is 0 Å². The highest BCUT2D eigenvalue weighted by Gasteiger charge is 2.52. The van der Waals surface area contributed by atoms with E-state index >= 15 is 0 Å². The van der Waals surface area contributed by atoms with Crippen molar-refractivity contribution in [2.75, 3.05) is 5.73 Å². The van der Waals surface area contributed by atoms with Crippen LogP contribution in [-0.2, 0) is 9.31 Å². The second-order valence-corrected chi connectivity index (χ2v) is 7.11. The Hall–Kier alpha value is -2.19. The Balaban J connectivity index is 1.82. The van der Waals surface area contributed by atoms with Gasteiger partial charge in [0, 0.05) is 24.1 Å². The zero-order valence-corrected chi connectivity index (χ0v) is 15.2. The molecular formula is C17H23BN4O3. The van der Waals surface area contributed by atoms with E-state index in [9.17, 15) is 0 Å². The van der Waals surface area contributed by atoms with Gasteiger partial charge in [-0.3, -0.25) is 0 Å². The minimum Gasteiger partial charge on any atom is -0.479 e. The Morgan fingerprint density at radius 1 is 1.08 bits per heavy atom. The monoisotopic (exact) mass is 342 g/mol. The predicted octanol–water partition coefficient (Wildman–Crippen LogP) is 1.89. The first kappa shape index (κ1) is 17.6. The van der Waals surface area contributed by atoms with E-state index in [-0.39, 0.29) is 6.10 Å². The van der Waals surface area contributed by atoms with Gasteiger partial charge >= 0.3 is 7.12 Å². The van der Waals surface area contributed by atoms with Gasteiger partial charge in [0.25, 0.3) is 0 Å². The molecule has 1 aliphatic heterocycles. The van der Waals surface area contributed by atoms with E-state index in [1.54, 1.807) is 30.7 Å². The van der Waals surface area contributed by atoms with Crippen LogP contribution in [-0.4, -0.2) is 33.3 Å². The highest BCUT2D eigenvalue weighted by atomic mass is 16.7. The number of hydrogen-bond acceptors (Lipinski definition) is 7. The molecule has 132 valence electrons. The van der Waals surface area contributed by atoms with Crippen LogP contribution < -0.4 is 15.9 Å². The topological polar surface area (TPSA) is 92.4 Å². The number of nitrogens with two attached hydrogens (primary N) is 1. The van der Waals surface area contributed by atoms with E-state index in [0.29, 0.717) is 17.4 Å². The van der Waals surface area contributed by atoms with Gasteiger partial charge in [-0.25, -0.2) is 15.0 Å². The molecular weight excluding hydrogens is 319 g/mol. The third-order valence-electron chi connectivity index (χ3n) is 4.68. The molecule has 0 bridgehead atoms. The van der Waals surface area contributed by atoms with Crippen LogP contribution in [0.2, 0.25) is 0 Å². The molecule has 2 N–H and O–H groups in total. The molecule has 0 unspecified atom stereocenters. The van der Waals surface area contributed by atoms with E-state index in [0.717, 1.165) is 5.46 Å². The number of rotatable bonds is 4. The highest BCUT2D eigenvalue weighted by molar-refractivity contribution is 6.62. The largest absolute Gasteiger partial charge is 0.496 e. The molecule has 1 atom stereocenters. The van der Waals surface area contributed by atoms with Gasteiger partial charge in [-0.15, -0.1) is 0 Å².